The predicted octanol–water partition coefficient (Wildman–Crippen LogP) is 11.8. The molecule has 0 amide bonds. The molecule has 4 heteroatoms. The van der Waals surface area contributed by atoms with Crippen molar-refractivity contribution in [2.24, 2.45) is 0 Å². The molecule has 1 unspecified atom stereocenters. The summed E-state index contributed by atoms with van der Waals surface area (Å²) in [7, 11) is 0. The van der Waals surface area contributed by atoms with E-state index < -0.39 is 6.10 Å². The number of esters is 1. The summed E-state index contributed by atoms with van der Waals surface area (Å²) in [6, 6.07) is 0. The molecular formula is C38H74O4. The summed E-state index contributed by atoms with van der Waals surface area (Å²) in [6.45, 7) is 5.35. The Bertz CT molecular complexity index is 547. The Kier molecular flexibility index (Phi) is 35.6. The van der Waals surface area contributed by atoms with E-state index in [9.17, 15) is 9.90 Å². The number of hydrogen-bond donors (Lipinski definition) is 1. The van der Waals surface area contributed by atoms with E-state index in [2.05, 4.69) is 26.0 Å². The van der Waals surface area contributed by atoms with Gasteiger partial charge in [-0.15, -0.1) is 0 Å². The van der Waals surface area contributed by atoms with E-state index in [0.717, 1.165) is 19.3 Å². The first-order valence-corrected chi connectivity index (χ1v) is 18.8. The Morgan fingerprint density at radius 3 is 1.38 bits per heavy atom. The van der Waals surface area contributed by atoms with Gasteiger partial charge in [0.2, 0.25) is 0 Å². The minimum atomic E-state index is -0.531. The van der Waals surface area contributed by atoms with Crippen LogP contribution in [-0.4, -0.2) is 37.0 Å². The van der Waals surface area contributed by atoms with Crippen LogP contribution in [0, 0.1) is 0 Å². The van der Waals surface area contributed by atoms with E-state index in [-0.39, 0.29) is 12.6 Å². The lowest BCUT2D eigenvalue weighted by molar-refractivity contribution is -0.154. The Balaban J connectivity index is 3.40. The van der Waals surface area contributed by atoms with Crippen molar-refractivity contribution in [1.29, 1.82) is 0 Å². The molecule has 0 radical (unpaired) electrons. The number of aliphatic hydroxyl groups is 1. The van der Waals surface area contributed by atoms with Gasteiger partial charge in [0.1, 0.15) is 6.10 Å². The highest BCUT2D eigenvalue weighted by molar-refractivity contribution is 5.69. The Morgan fingerprint density at radius 2 is 0.929 bits per heavy atom. The number of carbonyl (C=O) groups is 1. The van der Waals surface area contributed by atoms with Crippen LogP contribution >= 0.6 is 0 Å². The van der Waals surface area contributed by atoms with Gasteiger partial charge in [0.05, 0.1) is 13.2 Å². The topological polar surface area (TPSA) is 55.8 Å². The van der Waals surface area contributed by atoms with Crippen LogP contribution in [0.3, 0.4) is 0 Å². The molecule has 0 aromatic heterocycles. The molecule has 42 heavy (non-hydrogen) atoms. The third-order valence-corrected chi connectivity index (χ3v) is 8.34. The highest BCUT2D eigenvalue weighted by Crippen LogP contribution is 2.14. The maximum absolute atomic E-state index is 12.1. The minimum Gasteiger partial charge on any atom is -0.457 e. The molecule has 0 aliphatic heterocycles. The SMILES string of the molecule is CCCCCC/C=C\CCCCCCCC(=O)OC(CO)COCCCCCCCCCCCCCCCCCCC. The molecule has 0 heterocycles. The molecule has 0 aliphatic carbocycles. The number of ether oxygens (including phenoxy) is 2. The first-order chi connectivity index (χ1) is 20.7. The molecule has 0 fully saturated rings. The number of allylic oxidation sites excluding steroid dienone is 2. The second-order valence-electron chi connectivity index (χ2n) is 12.7. The molecule has 0 spiro atoms. The Hall–Kier alpha value is -0.870. The highest BCUT2D eigenvalue weighted by atomic mass is 16.6. The summed E-state index contributed by atoms with van der Waals surface area (Å²) in [5.41, 5.74) is 0. The fourth-order valence-electron chi connectivity index (χ4n) is 5.50. The van der Waals surface area contributed by atoms with Crippen LogP contribution in [-0.2, 0) is 14.3 Å². The molecule has 0 bridgehead atoms. The first-order valence-electron chi connectivity index (χ1n) is 18.8. The monoisotopic (exact) mass is 595 g/mol. The van der Waals surface area contributed by atoms with Crippen LogP contribution in [0.15, 0.2) is 12.2 Å². The lowest BCUT2D eigenvalue weighted by Gasteiger charge is -2.15. The normalized spacial score (nSPS) is 12.4. The second kappa shape index (κ2) is 36.3. The smallest absolute Gasteiger partial charge is 0.306 e. The molecule has 0 aromatic rings. The highest BCUT2D eigenvalue weighted by Gasteiger charge is 2.13. The number of hydrogen-bond acceptors (Lipinski definition) is 4. The number of carbonyl (C=O) groups excluding carboxylic acids is 1. The fraction of sp³-hybridized carbons (Fsp3) is 0.921. The van der Waals surface area contributed by atoms with Gasteiger partial charge in [-0.1, -0.05) is 167 Å². The lowest BCUT2D eigenvalue weighted by Crippen LogP contribution is -2.27. The molecule has 0 saturated carbocycles. The van der Waals surface area contributed by atoms with E-state index in [1.807, 2.05) is 0 Å². The summed E-state index contributed by atoms with van der Waals surface area (Å²) in [5.74, 6) is -0.207. The van der Waals surface area contributed by atoms with Crippen molar-refractivity contribution in [2.45, 2.75) is 206 Å². The predicted molar refractivity (Wildman–Crippen MR) is 182 cm³/mol. The van der Waals surface area contributed by atoms with Crippen molar-refractivity contribution in [3.8, 4) is 0 Å². The van der Waals surface area contributed by atoms with Crippen LogP contribution in [0.1, 0.15) is 200 Å². The summed E-state index contributed by atoms with van der Waals surface area (Å²) < 4.78 is 11.1. The van der Waals surface area contributed by atoms with E-state index in [1.165, 1.54) is 161 Å². The number of rotatable bonds is 35. The van der Waals surface area contributed by atoms with E-state index in [4.69, 9.17) is 9.47 Å². The largest absolute Gasteiger partial charge is 0.457 e. The van der Waals surface area contributed by atoms with Crippen LogP contribution in [0.5, 0.6) is 0 Å². The molecule has 4 nitrogen and oxygen atoms in total. The molecule has 1 N–H and O–H groups in total. The van der Waals surface area contributed by atoms with Gasteiger partial charge in [-0.05, 0) is 38.5 Å². The Labute approximate surface area is 263 Å². The number of aliphatic hydroxyl groups excluding tert-OH is 1. The molecule has 0 aliphatic rings. The summed E-state index contributed by atoms with van der Waals surface area (Å²) in [5, 5.41) is 9.55. The van der Waals surface area contributed by atoms with Crippen molar-refractivity contribution < 1.29 is 19.4 Å². The van der Waals surface area contributed by atoms with Crippen molar-refractivity contribution in [1.82, 2.24) is 0 Å². The van der Waals surface area contributed by atoms with Crippen LogP contribution in [0.4, 0.5) is 0 Å². The van der Waals surface area contributed by atoms with Crippen molar-refractivity contribution in [2.75, 3.05) is 19.8 Å². The molecule has 0 aromatic carbocycles. The zero-order chi connectivity index (χ0) is 30.6. The maximum Gasteiger partial charge on any atom is 0.306 e. The molecular weight excluding hydrogens is 520 g/mol. The van der Waals surface area contributed by atoms with E-state index >= 15 is 0 Å². The van der Waals surface area contributed by atoms with Crippen LogP contribution in [0.25, 0.3) is 0 Å². The summed E-state index contributed by atoms with van der Waals surface area (Å²) in [4.78, 5) is 12.1. The van der Waals surface area contributed by atoms with Crippen molar-refractivity contribution >= 4 is 5.97 Å². The van der Waals surface area contributed by atoms with E-state index in [1.54, 1.807) is 0 Å². The van der Waals surface area contributed by atoms with Crippen LogP contribution in [0.2, 0.25) is 0 Å². The molecule has 0 saturated heterocycles. The van der Waals surface area contributed by atoms with Gasteiger partial charge in [-0.2, -0.15) is 0 Å². The lowest BCUT2D eigenvalue weighted by atomic mass is 10.0. The third-order valence-electron chi connectivity index (χ3n) is 8.34. The fourth-order valence-corrected chi connectivity index (χ4v) is 5.50. The standard InChI is InChI=1S/C38H74O4/c1-3-5-7-9-11-13-15-17-18-19-20-22-24-26-28-30-32-34-41-36-37(35-39)42-38(40)33-31-29-27-25-23-21-16-14-12-10-8-6-4-2/h14,16,37,39H,3-13,15,17-36H2,1-2H3/b16-14-. The van der Waals surface area contributed by atoms with Gasteiger partial charge >= 0.3 is 5.97 Å². The molecule has 0 rings (SSSR count). The zero-order valence-corrected chi connectivity index (χ0v) is 28.5. The van der Waals surface area contributed by atoms with Crippen molar-refractivity contribution in [3.05, 3.63) is 12.2 Å². The molecule has 1 atom stereocenters. The quantitative estimate of drug-likeness (QED) is 0.0450. The van der Waals surface area contributed by atoms with Gasteiger partial charge in [-0.25, -0.2) is 0 Å². The third kappa shape index (κ3) is 33.6. The Morgan fingerprint density at radius 1 is 0.548 bits per heavy atom. The van der Waals surface area contributed by atoms with Gasteiger partial charge in [0.15, 0.2) is 0 Å². The van der Waals surface area contributed by atoms with Gasteiger partial charge < -0.3 is 14.6 Å². The van der Waals surface area contributed by atoms with Crippen LogP contribution < -0.4 is 0 Å². The van der Waals surface area contributed by atoms with Crippen molar-refractivity contribution in [3.63, 3.8) is 0 Å². The summed E-state index contributed by atoms with van der Waals surface area (Å²) in [6.07, 6.45) is 41.1. The van der Waals surface area contributed by atoms with Gasteiger partial charge in [-0.3, -0.25) is 4.79 Å². The zero-order valence-electron chi connectivity index (χ0n) is 28.5. The second-order valence-corrected chi connectivity index (χ2v) is 12.7. The number of unbranched alkanes of at least 4 members (excludes halogenated alkanes) is 25. The maximum atomic E-state index is 12.1. The average molecular weight is 595 g/mol. The summed E-state index contributed by atoms with van der Waals surface area (Å²) >= 11 is 0. The minimum absolute atomic E-state index is 0.170. The van der Waals surface area contributed by atoms with E-state index in [0.29, 0.717) is 19.6 Å². The molecule has 250 valence electrons. The first kappa shape index (κ1) is 41.1. The van der Waals surface area contributed by atoms with Gasteiger partial charge in [0.25, 0.3) is 0 Å². The van der Waals surface area contributed by atoms with Gasteiger partial charge in [0, 0.05) is 13.0 Å². The average Bonchev–Trinajstić information content (AvgIpc) is 3.00.